The zero-order valence-corrected chi connectivity index (χ0v) is 11.6. The average Bonchev–Trinajstić information content (AvgIpc) is 2.86. The molecule has 0 aliphatic heterocycles. The van der Waals surface area contributed by atoms with Crippen LogP contribution in [0.5, 0.6) is 0 Å². The second-order valence-corrected chi connectivity index (χ2v) is 4.49. The van der Waals surface area contributed by atoms with Crippen molar-refractivity contribution in [3.05, 3.63) is 41.7 Å². The molecule has 1 aromatic heterocycles. The van der Waals surface area contributed by atoms with Crippen molar-refractivity contribution in [1.82, 2.24) is 25.1 Å². The second kappa shape index (κ2) is 6.76. The van der Waals surface area contributed by atoms with E-state index in [4.69, 9.17) is 0 Å². The van der Waals surface area contributed by atoms with Gasteiger partial charge in [-0.05, 0) is 23.0 Å². The van der Waals surface area contributed by atoms with Crippen LogP contribution in [0.3, 0.4) is 0 Å². The molecule has 2 rings (SSSR count). The Labute approximate surface area is 117 Å². The van der Waals surface area contributed by atoms with E-state index in [-0.39, 0.29) is 12.5 Å². The summed E-state index contributed by atoms with van der Waals surface area (Å²) in [5.41, 5.74) is 1.12. The molecule has 2 aromatic rings. The molecule has 0 amide bonds. The van der Waals surface area contributed by atoms with E-state index in [0.717, 1.165) is 5.56 Å². The van der Waals surface area contributed by atoms with Gasteiger partial charge in [-0.2, -0.15) is 0 Å². The number of aromatic nitrogens is 4. The number of carbonyl (C=O) groups excluding carboxylic acids is 1. The summed E-state index contributed by atoms with van der Waals surface area (Å²) < 4.78 is 6.35. The van der Waals surface area contributed by atoms with Gasteiger partial charge in [0.05, 0.1) is 26.7 Å². The van der Waals surface area contributed by atoms with Crippen molar-refractivity contribution in [2.24, 2.45) is 0 Å². The molecule has 0 atom stereocenters. The third-order valence-corrected chi connectivity index (χ3v) is 2.82. The first-order valence-corrected chi connectivity index (χ1v) is 6.23. The summed E-state index contributed by atoms with van der Waals surface area (Å²) in [6.07, 6.45) is 0. The van der Waals surface area contributed by atoms with Gasteiger partial charge in [0.25, 0.3) is 0 Å². The summed E-state index contributed by atoms with van der Waals surface area (Å²) >= 11 is 0. The monoisotopic (exact) mass is 275 g/mol. The molecule has 0 N–H and O–H groups in total. The number of tetrazole rings is 1. The fourth-order valence-electron chi connectivity index (χ4n) is 1.80. The zero-order valence-electron chi connectivity index (χ0n) is 11.6. The van der Waals surface area contributed by atoms with Gasteiger partial charge in [-0.15, -0.1) is 5.10 Å². The number of hydrogen-bond donors (Lipinski definition) is 0. The van der Waals surface area contributed by atoms with E-state index in [1.807, 2.05) is 37.4 Å². The molecule has 7 nitrogen and oxygen atoms in total. The minimum absolute atomic E-state index is 0.203. The van der Waals surface area contributed by atoms with Crippen LogP contribution in [0.4, 0.5) is 0 Å². The van der Waals surface area contributed by atoms with Crippen LogP contribution in [0.25, 0.3) is 0 Å². The van der Waals surface area contributed by atoms with Crippen molar-refractivity contribution in [1.29, 1.82) is 0 Å². The molecule has 0 aliphatic carbocycles. The molecule has 0 saturated heterocycles. The molecule has 106 valence electrons. The summed E-state index contributed by atoms with van der Waals surface area (Å²) in [7, 11) is 3.19. The van der Waals surface area contributed by atoms with Crippen LogP contribution in [-0.2, 0) is 22.6 Å². The van der Waals surface area contributed by atoms with Crippen LogP contribution in [-0.4, -0.2) is 51.8 Å². The first-order valence-electron chi connectivity index (χ1n) is 6.23. The summed E-state index contributed by atoms with van der Waals surface area (Å²) in [6.45, 7) is 1.29. The predicted octanol–water partition coefficient (Wildman–Crippen LogP) is 0.326. The number of ether oxygens (including phenoxy) is 1. The van der Waals surface area contributed by atoms with E-state index in [1.165, 1.54) is 7.11 Å². The minimum atomic E-state index is -0.283. The van der Waals surface area contributed by atoms with Gasteiger partial charge >= 0.3 is 5.97 Å². The van der Waals surface area contributed by atoms with Crippen LogP contribution in [0.15, 0.2) is 30.3 Å². The molecule has 0 saturated carbocycles. The van der Waals surface area contributed by atoms with Gasteiger partial charge in [-0.1, -0.05) is 30.3 Å². The van der Waals surface area contributed by atoms with E-state index in [0.29, 0.717) is 18.9 Å². The molecule has 0 fully saturated rings. The highest BCUT2D eigenvalue weighted by Gasteiger charge is 2.12. The SMILES string of the molecule is COC(=O)CN(C)Cc1nnnn1Cc1ccccc1. The summed E-state index contributed by atoms with van der Waals surface area (Å²) in [4.78, 5) is 13.0. The predicted molar refractivity (Wildman–Crippen MR) is 71.7 cm³/mol. The van der Waals surface area contributed by atoms with E-state index in [9.17, 15) is 4.79 Å². The van der Waals surface area contributed by atoms with Crippen LogP contribution in [0, 0.1) is 0 Å². The molecule has 0 bridgehead atoms. The summed E-state index contributed by atoms with van der Waals surface area (Å²) in [6, 6.07) is 9.95. The van der Waals surface area contributed by atoms with E-state index in [1.54, 1.807) is 9.58 Å². The van der Waals surface area contributed by atoms with Crippen LogP contribution >= 0.6 is 0 Å². The van der Waals surface area contributed by atoms with Crippen LogP contribution in [0.1, 0.15) is 11.4 Å². The molecule has 0 radical (unpaired) electrons. The lowest BCUT2D eigenvalue weighted by molar-refractivity contribution is -0.141. The number of methoxy groups -OCH3 is 1. The quantitative estimate of drug-likeness (QED) is 0.707. The fourth-order valence-corrected chi connectivity index (χ4v) is 1.80. The van der Waals surface area contributed by atoms with Crippen molar-refractivity contribution in [2.45, 2.75) is 13.1 Å². The maximum atomic E-state index is 11.2. The maximum absolute atomic E-state index is 11.2. The summed E-state index contributed by atoms with van der Waals surface area (Å²) in [5.74, 6) is 0.426. The van der Waals surface area contributed by atoms with Crippen molar-refractivity contribution >= 4 is 5.97 Å². The molecule has 0 spiro atoms. The van der Waals surface area contributed by atoms with Gasteiger partial charge in [0.15, 0.2) is 5.82 Å². The average molecular weight is 275 g/mol. The summed E-state index contributed by atoms with van der Waals surface area (Å²) in [5, 5.41) is 11.7. The molecule has 1 aromatic carbocycles. The maximum Gasteiger partial charge on any atom is 0.319 e. The smallest absolute Gasteiger partial charge is 0.319 e. The zero-order chi connectivity index (χ0) is 14.4. The highest BCUT2D eigenvalue weighted by Crippen LogP contribution is 2.04. The minimum Gasteiger partial charge on any atom is -0.468 e. The van der Waals surface area contributed by atoms with Crippen molar-refractivity contribution in [3.63, 3.8) is 0 Å². The number of benzene rings is 1. The van der Waals surface area contributed by atoms with Gasteiger partial charge < -0.3 is 4.74 Å². The molecule has 0 aliphatic rings. The van der Waals surface area contributed by atoms with E-state index >= 15 is 0 Å². The van der Waals surface area contributed by atoms with Crippen molar-refractivity contribution < 1.29 is 9.53 Å². The van der Waals surface area contributed by atoms with Gasteiger partial charge in [-0.25, -0.2) is 4.68 Å². The first-order chi connectivity index (χ1) is 9.69. The lowest BCUT2D eigenvalue weighted by Gasteiger charge is -2.14. The Morgan fingerprint density at radius 2 is 2.10 bits per heavy atom. The number of nitrogens with zero attached hydrogens (tertiary/aromatic N) is 5. The second-order valence-electron chi connectivity index (χ2n) is 4.49. The normalized spacial score (nSPS) is 10.8. The third-order valence-electron chi connectivity index (χ3n) is 2.82. The topological polar surface area (TPSA) is 73.1 Å². The Balaban J connectivity index is 2.00. The Bertz CT molecular complexity index is 555. The highest BCUT2D eigenvalue weighted by molar-refractivity contribution is 5.71. The third kappa shape index (κ3) is 3.86. The number of rotatable bonds is 6. The van der Waals surface area contributed by atoms with E-state index < -0.39 is 0 Å². The molecule has 20 heavy (non-hydrogen) atoms. The lowest BCUT2D eigenvalue weighted by atomic mass is 10.2. The number of esters is 1. The standard InChI is InChI=1S/C13H17N5O2/c1-17(10-13(19)20-2)9-12-14-15-16-18(12)8-11-6-4-3-5-7-11/h3-7H,8-10H2,1-2H3. The van der Waals surface area contributed by atoms with Gasteiger partial charge in [-0.3, -0.25) is 9.69 Å². The molecular formula is C13H17N5O2. The Kier molecular flexibility index (Phi) is 4.78. The molecule has 7 heteroatoms. The molecular weight excluding hydrogens is 258 g/mol. The highest BCUT2D eigenvalue weighted by atomic mass is 16.5. The Morgan fingerprint density at radius 3 is 2.80 bits per heavy atom. The number of carbonyl (C=O) groups is 1. The fraction of sp³-hybridized carbons (Fsp3) is 0.385. The number of likely N-dealkylation sites (N-methyl/N-ethyl adjacent to an activating group) is 1. The van der Waals surface area contributed by atoms with Crippen LogP contribution < -0.4 is 0 Å². The lowest BCUT2D eigenvalue weighted by Crippen LogP contribution is -2.28. The molecule has 1 heterocycles. The Hall–Kier alpha value is -2.28. The van der Waals surface area contributed by atoms with E-state index in [2.05, 4.69) is 20.3 Å². The number of hydrogen-bond acceptors (Lipinski definition) is 6. The molecule has 0 unspecified atom stereocenters. The van der Waals surface area contributed by atoms with Gasteiger partial charge in [0, 0.05) is 0 Å². The first kappa shape index (κ1) is 14.1. The van der Waals surface area contributed by atoms with Gasteiger partial charge in [0.2, 0.25) is 0 Å². The van der Waals surface area contributed by atoms with Crippen molar-refractivity contribution in [3.8, 4) is 0 Å². The van der Waals surface area contributed by atoms with Gasteiger partial charge in [0.1, 0.15) is 0 Å². The Morgan fingerprint density at radius 1 is 1.35 bits per heavy atom. The van der Waals surface area contributed by atoms with Crippen LogP contribution in [0.2, 0.25) is 0 Å². The van der Waals surface area contributed by atoms with Crippen molar-refractivity contribution in [2.75, 3.05) is 20.7 Å². The largest absolute Gasteiger partial charge is 0.468 e.